The molecule has 0 radical (unpaired) electrons. The molecule has 1 saturated carbocycles. The van der Waals surface area contributed by atoms with Gasteiger partial charge in [-0.25, -0.2) is 0 Å². The molecule has 1 aromatic rings. The molecule has 3 fully saturated rings. The molecule has 0 aromatic heterocycles. The Morgan fingerprint density at radius 3 is 2.50 bits per heavy atom. The van der Waals surface area contributed by atoms with Crippen LogP contribution >= 0.6 is 12.4 Å². The first-order valence-electron chi connectivity index (χ1n) is 9.05. The van der Waals surface area contributed by atoms with Gasteiger partial charge >= 0.3 is 0 Å². The van der Waals surface area contributed by atoms with Gasteiger partial charge in [-0.2, -0.15) is 0 Å². The van der Waals surface area contributed by atoms with Crippen LogP contribution in [0.25, 0.3) is 0 Å². The van der Waals surface area contributed by atoms with E-state index >= 15 is 0 Å². The van der Waals surface area contributed by atoms with Gasteiger partial charge in [-0.1, -0.05) is 30.3 Å². The second-order valence-corrected chi connectivity index (χ2v) is 7.42. The second-order valence-electron chi connectivity index (χ2n) is 7.42. The van der Waals surface area contributed by atoms with Crippen LogP contribution in [0.5, 0.6) is 0 Å². The zero-order valence-corrected chi connectivity index (χ0v) is 15.1. The summed E-state index contributed by atoms with van der Waals surface area (Å²) >= 11 is 0. The van der Waals surface area contributed by atoms with Crippen molar-refractivity contribution in [2.45, 2.75) is 31.7 Å². The second kappa shape index (κ2) is 7.42. The molecule has 2 aliphatic heterocycles. The molecular weight excluding hydrogens is 322 g/mol. The van der Waals surface area contributed by atoms with E-state index in [1.54, 1.807) is 0 Å². The van der Waals surface area contributed by atoms with Crippen molar-refractivity contribution >= 4 is 18.3 Å². The van der Waals surface area contributed by atoms with Crippen LogP contribution in [0.1, 0.15) is 24.8 Å². The van der Waals surface area contributed by atoms with Gasteiger partial charge in [0.1, 0.15) is 0 Å². The molecule has 1 unspecified atom stereocenters. The maximum absolute atomic E-state index is 13.1. The molecule has 0 spiro atoms. The molecule has 4 rings (SSSR count). The predicted molar refractivity (Wildman–Crippen MR) is 98.5 cm³/mol. The highest BCUT2D eigenvalue weighted by Gasteiger charge is 2.52. The number of nitrogens with zero attached hydrogens (tertiary/aromatic N) is 2. The summed E-state index contributed by atoms with van der Waals surface area (Å²) in [4.78, 5) is 17.8. The number of likely N-dealkylation sites (tertiary alicyclic amines) is 1. The van der Waals surface area contributed by atoms with Gasteiger partial charge in [0.05, 0.1) is 5.41 Å². The Morgan fingerprint density at radius 2 is 1.83 bits per heavy atom. The third-order valence-electron chi connectivity index (χ3n) is 5.81. The summed E-state index contributed by atoms with van der Waals surface area (Å²) in [7, 11) is 0. The van der Waals surface area contributed by atoms with Crippen molar-refractivity contribution in [1.29, 1.82) is 0 Å². The summed E-state index contributed by atoms with van der Waals surface area (Å²) in [6.07, 6.45) is 4.19. The van der Waals surface area contributed by atoms with Crippen LogP contribution in [0.2, 0.25) is 0 Å². The summed E-state index contributed by atoms with van der Waals surface area (Å²) in [5, 5.41) is 3.41. The lowest BCUT2D eigenvalue weighted by atomic mass is 9.95. The fourth-order valence-corrected chi connectivity index (χ4v) is 4.21. The number of rotatable bonds is 4. The fraction of sp³-hybridized carbons (Fsp3) is 0.632. The average molecular weight is 350 g/mol. The van der Waals surface area contributed by atoms with Crippen LogP contribution < -0.4 is 5.32 Å². The number of carbonyl (C=O) groups is 1. The molecule has 2 heterocycles. The lowest BCUT2D eigenvalue weighted by Crippen LogP contribution is -2.49. The number of piperazine rings is 1. The van der Waals surface area contributed by atoms with Crippen LogP contribution in [-0.2, 0) is 11.2 Å². The normalized spacial score (nSPS) is 26.0. The first kappa shape index (κ1) is 17.7. The molecule has 132 valence electrons. The highest BCUT2D eigenvalue weighted by atomic mass is 35.5. The molecule has 24 heavy (non-hydrogen) atoms. The highest BCUT2D eigenvalue weighted by molar-refractivity contribution is 5.86. The molecule has 1 atom stereocenters. The largest absolute Gasteiger partial charge is 0.341 e. The monoisotopic (exact) mass is 349 g/mol. The van der Waals surface area contributed by atoms with Crippen LogP contribution in [0.15, 0.2) is 30.3 Å². The van der Waals surface area contributed by atoms with E-state index in [2.05, 4.69) is 39.4 Å². The number of hydrogen-bond donors (Lipinski definition) is 1. The Labute approximate surface area is 151 Å². The average Bonchev–Trinajstić information content (AvgIpc) is 3.22. The Balaban J connectivity index is 0.00000169. The van der Waals surface area contributed by atoms with Crippen molar-refractivity contribution in [3.05, 3.63) is 35.9 Å². The lowest BCUT2D eigenvalue weighted by Gasteiger charge is -2.33. The summed E-state index contributed by atoms with van der Waals surface area (Å²) in [6, 6.07) is 11.1. The van der Waals surface area contributed by atoms with E-state index in [1.165, 1.54) is 5.56 Å². The van der Waals surface area contributed by atoms with Gasteiger partial charge in [-0.15, -0.1) is 12.4 Å². The van der Waals surface area contributed by atoms with Crippen molar-refractivity contribution in [3.8, 4) is 0 Å². The maximum Gasteiger partial charge on any atom is 0.229 e. The summed E-state index contributed by atoms with van der Waals surface area (Å²) < 4.78 is 0. The minimum atomic E-state index is -0.0836. The standard InChI is InChI=1S/C19H27N3O.ClH/c23-18(19(7-8-19)14-16-4-2-1-3-5-16)22-11-6-17(15-22)21-12-9-20-10-13-21;/h1-5,17,20H,6-15H2;1H. The Bertz CT molecular complexity index is 555. The van der Waals surface area contributed by atoms with Gasteiger partial charge in [-0.05, 0) is 31.2 Å². The molecule has 3 aliphatic rings. The van der Waals surface area contributed by atoms with E-state index in [4.69, 9.17) is 0 Å². The minimum absolute atomic E-state index is 0. The van der Waals surface area contributed by atoms with Crippen LogP contribution in [-0.4, -0.2) is 61.0 Å². The quantitative estimate of drug-likeness (QED) is 0.902. The Kier molecular flexibility index (Phi) is 5.48. The molecule has 1 amide bonds. The van der Waals surface area contributed by atoms with Crippen LogP contribution in [0.3, 0.4) is 0 Å². The van der Waals surface area contributed by atoms with Crippen molar-refractivity contribution in [3.63, 3.8) is 0 Å². The predicted octanol–water partition coefficient (Wildman–Crippen LogP) is 1.94. The van der Waals surface area contributed by atoms with Crippen molar-refractivity contribution in [1.82, 2.24) is 15.1 Å². The number of nitrogens with one attached hydrogen (secondary N) is 1. The molecule has 4 nitrogen and oxygen atoms in total. The number of halogens is 1. The topological polar surface area (TPSA) is 35.6 Å². The number of benzene rings is 1. The zero-order chi connectivity index (χ0) is 15.7. The lowest BCUT2D eigenvalue weighted by molar-refractivity contribution is -0.136. The molecular formula is C19H28ClN3O. The molecule has 0 bridgehead atoms. The minimum Gasteiger partial charge on any atom is -0.341 e. The molecule has 1 aromatic carbocycles. The molecule has 1 N–H and O–H groups in total. The van der Waals surface area contributed by atoms with Crippen molar-refractivity contribution < 1.29 is 4.79 Å². The molecule has 2 saturated heterocycles. The number of amides is 1. The summed E-state index contributed by atoms with van der Waals surface area (Å²) in [5.74, 6) is 0.416. The number of hydrogen-bond acceptors (Lipinski definition) is 3. The Hall–Kier alpha value is -1.10. The van der Waals surface area contributed by atoms with Gasteiger partial charge in [-0.3, -0.25) is 9.69 Å². The van der Waals surface area contributed by atoms with Crippen molar-refractivity contribution in [2.75, 3.05) is 39.3 Å². The van der Waals surface area contributed by atoms with E-state index in [0.717, 1.165) is 65.0 Å². The first-order valence-corrected chi connectivity index (χ1v) is 9.05. The summed E-state index contributed by atoms with van der Waals surface area (Å²) in [5.41, 5.74) is 1.22. The van der Waals surface area contributed by atoms with Crippen LogP contribution in [0.4, 0.5) is 0 Å². The van der Waals surface area contributed by atoms with Gasteiger partial charge in [0, 0.05) is 45.3 Å². The SMILES string of the molecule is Cl.O=C(N1CCC(N2CCNCC2)C1)C1(Cc2ccccc2)CC1. The van der Waals surface area contributed by atoms with Crippen LogP contribution in [0, 0.1) is 5.41 Å². The van der Waals surface area contributed by atoms with Gasteiger partial charge < -0.3 is 10.2 Å². The summed E-state index contributed by atoms with van der Waals surface area (Å²) in [6.45, 7) is 6.31. The van der Waals surface area contributed by atoms with Gasteiger partial charge in [0.2, 0.25) is 5.91 Å². The third kappa shape index (κ3) is 3.61. The fourth-order valence-electron chi connectivity index (χ4n) is 4.21. The molecule has 5 heteroatoms. The maximum atomic E-state index is 13.1. The third-order valence-corrected chi connectivity index (χ3v) is 5.81. The highest BCUT2D eigenvalue weighted by Crippen LogP contribution is 2.50. The van der Waals surface area contributed by atoms with Crippen molar-refractivity contribution in [2.24, 2.45) is 5.41 Å². The Morgan fingerprint density at radius 1 is 1.12 bits per heavy atom. The smallest absolute Gasteiger partial charge is 0.229 e. The van der Waals surface area contributed by atoms with Gasteiger partial charge in [0.25, 0.3) is 0 Å². The zero-order valence-electron chi connectivity index (χ0n) is 14.2. The van der Waals surface area contributed by atoms with E-state index in [0.29, 0.717) is 11.9 Å². The van der Waals surface area contributed by atoms with E-state index in [-0.39, 0.29) is 17.8 Å². The number of carbonyl (C=O) groups excluding carboxylic acids is 1. The molecule has 1 aliphatic carbocycles. The van der Waals surface area contributed by atoms with E-state index < -0.39 is 0 Å². The van der Waals surface area contributed by atoms with Gasteiger partial charge in [0.15, 0.2) is 0 Å². The van der Waals surface area contributed by atoms with E-state index in [1.807, 2.05) is 6.07 Å². The van der Waals surface area contributed by atoms with E-state index in [9.17, 15) is 4.79 Å². The first-order chi connectivity index (χ1) is 11.3.